The summed E-state index contributed by atoms with van der Waals surface area (Å²) in [6, 6.07) is 8.57. The van der Waals surface area contributed by atoms with Crippen LogP contribution in [0.3, 0.4) is 0 Å². The lowest BCUT2D eigenvalue weighted by molar-refractivity contribution is 0.393. The first kappa shape index (κ1) is 27.1. The van der Waals surface area contributed by atoms with Gasteiger partial charge in [-0.25, -0.2) is 0 Å². The molecule has 1 unspecified atom stereocenters. The van der Waals surface area contributed by atoms with Gasteiger partial charge in [-0.2, -0.15) is 5.10 Å². The highest BCUT2D eigenvalue weighted by Gasteiger charge is 2.21. The van der Waals surface area contributed by atoms with Gasteiger partial charge in [-0.05, 0) is 38.7 Å². The number of aliphatic imine (C=N–C) groups is 1. The molecule has 0 saturated carbocycles. The summed E-state index contributed by atoms with van der Waals surface area (Å²) in [4.78, 5) is 6.82. The number of guanidine groups is 1. The Kier molecular flexibility index (Phi) is 10.6. The molecule has 2 aromatic rings. The Morgan fingerprint density at radius 2 is 1.76 bits per heavy atom. The maximum atomic E-state index is 5.42. The number of piperidine rings is 1. The minimum absolute atomic E-state index is 0. The van der Waals surface area contributed by atoms with Crippen LogP contribution in [0.15, 0.2) is 29.3 Å². The van der Waals surface area contributed by atoms with E-state index in [1.165, 1.54) is 5.69 Å². The van der Waals surface area contributed by atoms with Gasteiger partial charge in [0.25, 0.3) is 0 Å². The fraction of sp³-hybridized carbons (Fsp3) is 0.583. The normalized spacial score (nSPS) is 15.6. The van der Waals surface area contributed by atoms with Crippen LogP contribution in [0, 0.1) is 19.8 Å². The predicted molar refractivity (Wildman–Crippen MR) is 146 cm³/mol. The van der Waals surface area contributed by atoms with Crippen molar-refractivity contribution in [2.24, 2.45) is 10.9 Å². The number of anilines is 1. The highest BCUT2D eigenvalue weighted by molar-refractivity contribution is 14.0. The van der Waals surface area contributed by atoms with Gasteiger partial charge in [-0.1, -0.05) is 6.92 Å². The van der Waals surface area contributed by atoms with Gasteiger partial charge in [0.2, 0.25) is 0 Å². The summed E-state index contributed by atoms with van der Waals surface area (Å²) in [5.41, 5.74) is 3.41. The highest BCUT2D eigenvalue weighted by atomic mass is 127. The summed E-state index contributed by atoms with van der Waals surface area (Å²) in [6.45, 7) is 10.1. The van der Waals surface area contributed by atoms with E-state index < -0.39 is 0 Å². The molecule has 1 aliphatic rings. The minimum Gasteiger partial charge on any atom is -0.497 e. The summed E-state index contributed by atoms with van der Waals surface area (Å²) in [5.74, 6) is 2.95. The largest absolute Gasteiger partial charge is 0.497 e. The number of hydrogen-bond donors (Lipinski definition) is 2. The second-order valence-corrected chi connectivity index (χ2v) is 8.64. The van der Waals surface area contributed by atoms with Crippen LogP contribution in [-0.2, 0) is 6.54 Å². The molecule has 1 atom stereocenters. The number of nitrogens with zero attached hydrogens (tertiary/aromatic N) is 4. The van der Waals surface area contributed by atoms with E-state index in [0.717, 1.165) is 67.9 Å². The molecule has 1 aromatic carbocycles. The van der Waals surface area contributed by atoms with Crippen LogP contribution in [0.25, 0.3) is 0 Å². The first-order valence-corrected chi connectivity index (χ1v) is 11.4. The van der Waals surface area contributed by atoms with Crippen LogP contribution in [-0.4, -0.2) is 62.7 Å². The smallest absolute Gasteiger partial charge is 0.191 e. The molecule has 1 aromatic heterocycles. The number of halogens is 1. The standard InChI is InChI=1S/C24H38N6O2.HI/c1-17(16-30-19(3)11-18(2)28-30)15-26-24(25-4)27-20-7-9-29(10-8-20)21-12-22(31-5)14-23(13-21)32-6;/h11-14,17,20H,7-10,15-16H2,1-6H3,(H2,25,26,27);1H. The predicted octanol–water partition coefficient (Wildman–Crippen LogP) is 3.61. The quantitative estimate of drug-likeness (QED) is 0.287. The number of benzene rings is 1. The van der Waals surface area contributed by atoms with Crippen molar-refractivity contribution in [3.63, 3.8) is 0 Å². The average Bonchev–Trinajstić information content (AvgIpc) is 3.12. The summed E-state index contributed by atoms with van der Waals surface area (Å²) >= 11 is 0. The van der Waals surface area contributed by atoms with Crippen molar-refractivity contribution in [1.82, 2.24) is 20.4 Å². The van der Waals surface area contributed by atoms with Crippen molar-refractivity contribution in [1.29, 1.82) is 0 Å². The zero-order chi connectivity index (χ0) is 23.1. The van der Waals surface area contributed by atoms with E-state index in [-0.39, 0.29) is 24.0 Å². The van der Waals surface area contributed by atoms with E-state index in [9.17, 15) is 0 Å². The van der Waals surface area contributed by atoms with E-state index >= 15 is 0 Å². The molecule has 0 aliphatic carbocycles. The molecule has 184 valence electrons. The average molecular weight is 571 g/mol. The van der Waals surface area contributed by atoms with E-state index in [0.29, 0.717) is 12.0 Å². The Morgan fingerprint density at radius 1 is 1.12 bits per heavy atom. The van der Waals surface area contributed by atoms with Crippen LogP contribution < -0.4 is 25.0 Å². The van der Waals surface area contributed by atoms with Crippen molar-refractivity contribution in [2.75, 3.05) is 45.8 Å². The Hall–Kier alpha value is -2.17. The zero-order valence-corrected chi connectivity index (χ0v) is 23.1. The fourth-order valence-corrected chi connectivity index (χ4v) is 4.14. The highest BCUT2D eigenvalue weighted by Crippen LogP contribution is 2.30. The molecule has 8 nitrogen and oxygen atoms in total. The Balaban J connectivity index is 0.00000385. The third-order valence-electron chi connectivity index (χ3n) is 5.97. The topological polar surface area (TPSA) is 75.9 Å². The van der Waals surface area contributed by atoms with Crippen LogP contribution in [0.5, 0.6) is 11.5 Å². The number of aryl methyl sites for hydroxylation is 2. The lowest BCUT2D eigenvalue weighted by atomic mass is 10.0. The van der Waals surface area contributed by atoms with Crippen LogP contribution in [0.2, 0.25) is 0 Å². The third-order valence-corrected chi connectivity index (χ3v) is 5.97. The van der Waals surface area contributed by atoms with Crippen LogP contribution >= 0.6 is 24.0 Å². The first-order chi connectivity index (χ1) is 15.4. The molecule has 9 heteroatoms. The van der Waals surface area contributed by atoms with Gasteiger partial charge in [-0.3, -0.25) is 9.67 Å². The third kappa shape index (κ3) is 7.68. The van der Waals surface area contributed by atoms with Gasteiger partial charge in [-0.15, -0.1) is 24.0 Å². The fourth-order valence-electron chi connectivity index (χ4n) is 4.14. The first-order valence-electron chi connectivity index (χ1n) is 11.4. The molecule has 3 rings (SSSR count). The number of ether oxygens (including phenoxy) is 2. The number of aromatic nitrogens is 2. The zero-order valence-electron chi connectivity index (χ0n) is 20.7. The van der Waals surface area contributed by atoms with Crippen molar-refractivity contribution in [3.8, 4) is 11.5 Å². The number of methoxy groups -OCH3 is 2. The molecule has 1 aliphatic heterocycles. The number of nitrogens with one attached hydrogen (secondary N) is 2. The lowest BCUT2D eigenvalue weighted by Crippen LogP contribution is -2.49. The summed E-state index contributed by atoms with van der Waals surface area (Å²) in [5, 5.41) is 11.7. The summed E-state index contributed by atoms with van der Waals surface area (Å²) in [6.07, 6.45) is 2.09. The molecule has 1 saturated heterocycles. The molecule has 33 heavy (non-hydrogen) atoms. The molecular weight excluding hydrogens is 531 g/mol. The van der Waals surface area contributed by atoms with E-state index in [4.69, 9.17) is 9.47 Å². The molecule has 0 bridgehead atoms. The lowest BCUT2D eigenvalue weighted by Gasteiger charge is -2.35. The van der Waals surface area contributed by atoms with Crippen LogP contribution in [0.1, 0.15) is 31.2 Å². The van der Waals surface area contributed by atoms with Crippen LogP contribution in [0.4, 0.5) is 5.69 Å². The molecule has 1 fully saturated rings. The molecule has 2 heterocycles. The second kappa shape index (κ2) is 12.9. The van der Waals surface area contributed by atoms with Gasteiger partial charge < -0.3 is 25.0 Å². The van der Waals surface area contributed by atoms with Crippen molar-refractivity contribution in [2.45, 2.75) is 46.2 Å². The molecular formula is C24H39IN6O2. The van der Waals surface area contributed by atoms with E-state index in [2.05, 4.69) is 62.4 Å². The second-order valence-electron chi connectivity index (χ2n) is 8.64. The Morgan fingerprint density at radius 3 is 2.27 bits per heavy atom. The number of hydrogen-bond acceptors (Lipinski definition) is 5. The van der Waals surface area contributed by atoms with Gasteiger partial charge in [0.1, 0.15) is 11.5 Å². The maximum absolute atomic E-state index is 5.42. The van der Waals surface area contributed by atoms with Gasteiger partial charge in [0.05, 0.1) is 19.9 Å². The Bertz CT molecular complexity index is 886. The van der Waals surface area contributed by atoms with E-state index in [1.807, 2.05) is 20.0 Å². The summed E-state index contributed by atoms with van der Waals surface area (Å²) < 4.78 is 12.9. The van der Waals surface area contributed by atoms with Gasteiger partial charge >= 0.3 is 0 Å². The monoisotopic (exact) mass is 570 g/mol. The molecule has 0 spiro atoms. The Labute approximate surface area is 215 Å². The number of rotatable bonds is 8. The molecule has 0 radical (unpaired) electrons. The SMILES string of the molecule is CN=C(NCC(C)Cn1nc(C)cc1C)NC1CCN(c2cc(OC)cc(OC)c2)CC1.I. The van der Waals surface area contributed by atoms with Gasteiger partial charge in [0.15, 0.2) is 5.96 Å². The maximum Gasteiger partial charge on any atom is 0.191 e. The molecule has 2 N–H and O–H groups in total. The minimum atomic E-state index is 0. The van der Waals surface area contributed by atoms with E-state index in [1.54, 1.807) is 14.2 Å². The van der Waals surface area contributed by atoms with Crippen molar-refractivity contribution < 1.29 is 9.47 Å². The summed E-state index contributed by atoms with van der Waals surface area (Å²) in [7, 11) is 5.20. The van der Waals surface area contributed by atoms with Gasteiger partial charge in [0, 0.05) is 68.8 Å². The molecule has 0 amide bonds. The van der Waals surface area contributed by atoms with Crippen molar-refractivity contribution >= 4 is 35.6 Å². The van der Waals surface area contributed by atoms with Crippen molar-refractivity contribution in [3.05, 3.63) is 35.7 Å².